The van der Waals surface area contributed by atoms with Crippen molar-refractivity contribution in [1.29, 1.82) is 0 Å². The summed E-state index contributed by atoms with van der Waals surface area (Å²) < 4.78 is 48.7. The second kappa shape index (κ2) is 19.2. The first-order chi connectivity index (χ1) is 13.6. The number of aromatic hydroxyl groups is 1. The smallest absolute Gasteiger partial charge is 0.753 e. The van der Waals surface area contributed by atoms with Crippen LogP contribution in [0.2, 0.25) is 0 Å². The van der Waals surface area contributed by atoms with Gasteiger partial charge in [0.25, 0.3) is 0 Å². The molecule has 1 aromatic rings. The van der Waals surface area contributed by atoms with Crippen LogP contribution in [0.25, 0.3) is 5.41 Å². The van der Waals surface area contributed by atoms with Crippen molar-refractivity contribution in [3.8, 4) is 5.75 Å². The van der Waals surface area contributed by atoms with Gasteiger partial charge in [0.05, 0.1) is 52.9 Å². The molecule has 0 radical (unpaired) electrons. The summed E-state index contributed by atoms with van der Waals surface area (Å²) in [6.45, 7) is 5.44. The van der Waals surface area contributed by atoms with E-state index in [1.54, 1.807) is 0 Å². The molecule has 2 rings (SSSR count). The van der Waals surface area contributed by atoms with Gasteiger partial charge in [-0.25, -0.2) is 8.78 Å². The van der Waals surface area contributed by atoms with E-state index in [0.29, 0.717) is 78.1 Å². The summed E-state index contributed by atoms with van der Waals surface area (Å²) in [5, 5.41) is 17.7. The maximum absolute atomic E-state index is 13.5. The summed E-state index contributed by atoms with van der Waals surface area (Å²) in [6.07, 6.45) is 0. The zero-order chi connectivity index (χ0) is 20.6. The Kier molecular flexibility index (Phi) is 19.6. The topological polar surface area (TPSA) is 82.7 Å². The van der Waals surface area contributed by atoms with Crippen molar-refractivity contribution < 1.29 is 102 Å². The molecule has 0 atom stereocenters. The van der Waals surface area contributed by atoms with Gasteiger partial charge in [0, 0.05) is 19.6 Å². The average Bonchev–Trinajstić information content (AvgIpc) is 2.67. The average molecular weight is 552 g/mol. The molecule has 0 aliphatic carbocycles. The van der Waals surface area contributed by atoms with Crippen molar-refractivity contribution in [2.24, 2.45) is 0 Å². The Morgan fingerprint density at radius 3 is 1.62 bits per heavy atom. The first kappa shape index (κ1) is 29.5. The molecule has 1 fully saturated rings. The minimum atomic E-state index is -0.963. The predicted molar refractivity (Wildman–Crippen MR) is 103 cm³/mol. The second-order valence-corrected chi connectivity index (χ2v) is 5.91. The summed E-state index contributed by atoms with van der Waals surface area (Å²) in [4.78, 5) is 1.98. The molecule has 0 spiro atoms. The van der Waals surface area contributed by atoms with Crippen LogP contribution in [0.4, 0.5) is 8.78 Å². The van der Waals surface area contributed by atoms with Crippen LogP contribution in [-0.4, -0.2) is 81.1 Å². The van der Waals surface area contributed by atoms with Crippen LogP contribution in [0.1, 0.15) is 5.56 Å². The first-order valence-corrected chi connectivity index (χ1v) is 9.20. The van der Waals surface area contributed by atoms with Gasteiger partial charge in [0.2, 0.25) is 0 Å². The van der Waals surface area contributed by atoms with Crippen molar-refractivity contribution >= 4 is 17.4 Å². The zero-order valence-corrected chi connectivity index (χ0v) is 23.7. The Morgan fingerprint density at radius 1 is 0.897 bits per heavy atom. The summed E-state index contributed by atoms with van der Waals surface area (Å²) in [7, 11) is 0. The molecule has 158 valence electrons. The molecule has 0 bridgehead atoms. The Bertz CT molecular complexity index is 571. The van der Waals surface area contributed by atoms with Crippen molar-refractivity contribution in [3.63, 3.8) is 0 Å². The normalized spacial score (nSPS) is 17.4. The van der Waals surface area contributed by atoms with Gasteiger partial charge in [-0.3, -0.25) is 4.90 Å². The maximum atomic E-state index is 13.5. The minimum Gasteiger partial charge on any atom is -0.753 e. The molecule has 11 heteroatoms. The second-order valence-electron chi connectivity index (χ2n) is 5.72. The van der Waals surface area contributed by atoms with E-state index < -0.39 is 17.4 Å². The fourth-order valence-corrected chi connectivity index (χ4v) is 2.39. The third-order valence-electron chi connectivity index (χ3n) is 3.70. The third kappa shape index (κ3) is 14.3. The molecule has 29 heavy (non-hydrogen) atoms. The quantitative estimate of drug-likeness (QED) is 0.381. The summed E-state index contributed by atoms with van der Waals surface area (Å²) in [5.74, 6) is -2.88. The molecule has 1 N–H and O–H groups in total. The Balaban J connectivity index is 0.00000184. The van der Waals surface area contributed by atoms with E-state index in [1.807, 2.05) is 4.90 Å². The zero-order valence-electron chi connectivity index (χ0n) is 16.6. The molecule has 1 aromatic carbocycles. The molecule has 1 saturated heterocycles. The van der Waals surface area contributed by atoms with Gasteiger partial charge in [-0.2, -0.15) is 5.16 Å². The van der Waals surface area contributed by atoms with Crippen molar-refractivity contribution in [1.82, 2.24) is 4.90 Å². The van der Waals surface area contributed by atoms with Gasteiger partial charge in [-0.1, -0.05) is 12.2 Å². The van der Waals surface area contributed by atoms with Gasteiger partial charge in [-0.05, 0) is 17.7 Å². The van der Waals surface area contributed by atoms with Crippen LogP contribution in [-0.2, 0) is 25.5 Å². The van der Waals surface area contributed by atoms with Crippen LogP contribution < -0.4 is 68.9 Å². The van der Waals surface area contributed by atoms with E-state index in [0.717, 1.165) is 12.1 Å². The van der Waals surface area contributed by atoms with E-state index in [-0.39, 0.29) is 68.9 Å². The number of benzene rings is 1. The summed E-state index contributed by atoms with van der Waals surface area (Å²) >= 11 is 3.70. The number of rotatable bonds is 2. The molecule has 0 unspecified atom stereocenters. The van der Waals surface area contributed by atoms with Crippen LogP contribution in [0.3, 0.4) is 0 Å². The molecule has 7 nitrogen and oxygen atoms in total. The van der Waals surface area contributed by atoms with Crippen molar-refractivity contribution in [3.05, 3.63) is 34.7 Å². The Labute approximate surface area is 233 Å². The van der Waals surface area contributed by atoms with E-state index in [4.69, 9.17) is 24.4 Å². The Morgan fingerprint density at radius 2 is 1.24 bits per heavy atom. The molecule has 0 saturated carbocycles. The Hall–Kier alpha value is 0.532. The van der Waals surface area contributed by atoms with Gasteiger partial charge in [-0.15, -0.1) is 0 Å². The number of isothiocyanates is 1. The van der Waals surface area contributed by atoms with E-state index in [2.05, 4.69) is 12.2 Å². The number of halogens is 2. The molecule has 1 heterocycles. The van der Waals surface area contributed by atoms with Crippen LogP contribution in [0, 0.1) is 11.6 Å². The largest absolute Gasteiger partial charge is 1.00 e. The fraction of sp³-hybridized carbons (Fsp3) is 0.611. The number of ether oxygens (including phenoxy) is 4. The van der Waals surface area contributed by atoms with Gasteiger partial charge >= 0.3 is 68.9 Å². The molecule has 1 aliphatic rings. The third-order valence-corrected chi connectivity index (χ3v) is 3.70. The number of nitrogens with zero attached hydrogens (tertiary/aromatic N) is 2. The van der Waals surface area contributed by atoms with Crippen LogP contribution in [0.5, 0.6) is 5.75 Å². The van der Waals surface area contributed by atoms with Gasteiger partial charge < -0.3 is 29.5 Å². The predicted octanol–water partition coefficient (Wildman–Crippen LogP) is -0.785. The monoisotopic (exact) mass is 552 g/mol. The van der Waals surface area contributed by atoms with Gasteiger partial charge in [0.1, 0.15) is 0 Å². The van der Waals surface area contributed by atoms with E-state index in [1.165, 1.54) is 5.16 Å². The molecular weight excluding hydrogens is 527 g/mol. The van der Waals surface area contributed by atoms with Crippen LogP contribution in [0.15, 0.2) is 12.1 Å². The summed E-state index contributed by atoms with van der Waals surface area (Å²) in [6, 6.07) is 2.27. The minimum absolute atomic E-state index is 0. The SMILES string of the molecule is Oc1c(F)cc(CN2CCOCCOCCOCCOCC2)cc1F.[Cs+].[N-]=C=S. The van der Waals surface area contributed by atoms with E-state index in [9.17, 15) is 13.9 Å². The summed E-state index contributed by atoms with van der Waals surface area (Å²) in [5.41, 5.74) is 0.442. The number of hydrogen-bond acceptors (Lipinski definition) is 7. The molecule has 0 aromatic heterocycles. The van der Waals surface area contributed by atoms with E-state index >= 15 is 0 Å². The fourth-order valence-electron chi connectivity index (χ4n) is 2.39. The number of hydrogen-bond donors (Lipinski definition) is 1. The van der Waals surface area contributed by atoms with Gasteiger partial charge in [0.15, 0.2) is 17.4 Å². The standard InChI is InChI=1S/C17H25F2NO5.CNS.Cs/c18-15-11-14(12-16(19)17(15)21)13-20-1-3-22-5-7-24-9-10-25-8-6-23-4-2-20;2-1-3;/h11-12,21H,1-10,13H2;;/q;-1;+1. The molecule has 1 aliphatic heterocycles. The molecule has 0 amide bonds. The number of phenols is 1. The van der Waals surface area contributed by atoms with Crippen molar-refractivity contribution in [2.45, 2.75) is 6.54 Å². The number of thiocarbonyl (C=S) groups is 1. The number of phenolic OH excluding ortho intramolecular Hbond substituents is 1. The molecular formula is C18H25CsF2N2O5S. The maximum Gasteiger partial charge on any atom is 1.00 e. The van der Waals surface area contributed by atoms with Crippen LogP contribution >= 0.6 is 12.2 Å². The van der Waals surface area contributed by atoms with Crippen molar-refractivity contribution in [2.75, 3.05) is 65.9 Å². The first-order valence-electron chi connectivity index (χ1n) is 8.80.